The molecule has 0 saturated carbocycles. The van der Waals surface area contributed by atoms with Crippen molar-refractivity contribution in [1.82, 2.24) is 25.1 Å². The lowest BCUT2D eigenvalue weighted by molar-refractivity contribution is -0.136. The lowest BCUT2D eigenvalue weighted by Crippen LogP contribution is -2.52. The Bertz CT molecular complexity index is 501. The first-order valence-corrected chi connectivity index (χ1v) is 7.76. The third-order valence-corrected chi connectivity index (χ3v) is 4.28. The van der Waals surface area contributed by atoms with Crippen molar-refractivity contribution in [3.8, 4) is 0 Å². The summed E-state index contributed by atoms with van der Waals surface area (Å²) < 4.78 is 0. The average Bonchev–Trinajstić information content (AvgIpc) is 2.95. The summed E-state index contributed by atoms with van der Waals surface area (Å²) in [5.41, 5.74) is 1.00. The molecule has 1 amide bonds. The fraction of sp³-hybridized carbons (Fsp3) is 0.667. The van der Waals surface area contributed by atoms with Gasteiger partial charge in [-0.15, -0.1) is 0 Å². The molecule has 1 aromatic heterocycles. The first-order valence-electron chi connectivity index (χ1n) is 7.76. The van der Waals surface area contributed by atoms with Crippen LogP contribution >= 0.6 is 0 Å². The van der Waals surface area contributed by atoms with Gasteiger partial charge in [-0.3, -0.25) is 9.69 Å². The van der Waals surface area contributed by atoms with Crippen molar-refractivity contribution in [3.63, 3.8) is 0 Å². The molecule has 2 aliphatic rings. The summed E-state index contributed by atoms with van der Waals surface area (Å²) >= 11 is 0. The molecule has 6 nitrogen and oxygen atoms in total. The largest absolute Gasteiger partial charge is 0.339 e. The van der Waals surface area contributed by atoms with E-state index in [2.05, 4.69) is 20.2 Å². The van der Waals surface area contributed by atoms with Crippen molar-refractivity contribution in [2.45, 2.75) is 32.4 Å². The Morgan fingerprint density at radius 1 is 1.38 bits per heavy atom. The van der Waals surface area contributed by atoms with Crippen LogP contribution in [0.5, 0.6) is 0 Å². The minimum atomic E-state index is 0.0263. The number of aromatic nitrogens is 2. The van der Waals surface area contributed by atoms with E-state index in [-0.39, 0.29) is 6.04 Å². The van der Waals surface area contributed by atoms with E-state index in [1.165, 1.54) is 0 Å². The third-order valence-electron chi connectivity index (χ3n) is 4.28. The Labute approximate surface area is 125 Å². The topological polar surface area (TPSA) is 61.4 Å². The van der Waals surface area contributed by atoms with E-state index in [1.54, 1.807) is 6.20 Å². The van der Waals surface area contributed by atoms with Gasteiger partial charge in [-0.05, 0) is 32.4 Å². The molecule has 0 spiro atoms. The van der Waals surface area contributed by atoms with Gasteiger partial charge in [-0.1, -0.05) is 0 Å². The van der Waals surface area contributed by atoms with E-state index in [4.69, 9.17) is 0 Å². The minimum Gasteiger partial charge on any atom is -0.339 e. The molecule has 3 heterocycles. The summed E-state index contributed by atoms with van der Waals surface area (Å²) in [4.78, 5) is 25.6. The molecule has 2 aliphatic heterocycles. The molecule has 6 heteroatoms. The second-order valence-electron chi connectivity index (χ2n) is 5.80. The Hall–Kier alpha value is -1.53. The van der Waals surface area contributed by atoms with Crippen molar-refractivity contribution in [2.24, 2.45) is 0 Å². The zero-order valence-electron chi connectivity index (χ0n) is 12.6. The highest BCUT2D eigenvalue weighted by Crippen LogP contribution is 2.21. The molecule has 1 unspecified atom stereocenters. The van der Waals surface area contributed by atoms with Crippen LogP contribution < -0.4 is 5.32 Å². The first-order chi connectivity index (χ1) is 10.2. The van der Waals surface area contributed by atoms with Gasteiger partial charge in [0.15, 0.2) is 0 Å². The van der Waals surface area contributed by atoms with E-state index in [0.717, 1.165) is 63.6 Å². The lowest BCUT2D eigenvalue weighted by Gasteiger charge is -2.32. The molecule has 1 atom stereocenters. The average molecular weight is 289 g/mol. The van der Waals surface area contributed by atoms with Crippen molar-refractivity contribution in [3.05, 3.63) is 23.8 Å². The van der Waals surface area contributed by atoms with Crippen LogP contribution in [0.25, 0.3) is 0 Å². The smallest absolute Gasteiger partial charge is 0.240 e. The Morgan fingerprint density at radius 2 is 2.19 bits per heavy atom. The van der Waals surface area contributed by atoms with Gasteiger partial charge in [0, 0.05) is 38.9 Å². The number of rotatable bonds is 3. The quantitative estimate of drug-likeness (QED) is 0.860. The zero-order valence-corrected chi connectivity index (χ0v) is 12.6. The Kier molecular flexibility index (Phi) is 4.45. The molecule has 21 heavy (non-hydrogen) atoms. The van der Waals surface area contributed by atoms with Gasteiger partial charge < -0.3 is 10.2 Å². The van der Waals surface area contributed by atoms with Crippen LogP contribution in [0.2, 0.25) is 0 Å². The standard InChI is InChI=1S/C15H23N5O/c1-12-17-5-4-13(18-12)11-20-8-2-3-14(20)15(21)19-9-6-16-7-10-19/h4-5,14,16H,2-3,6-11H2,1H3. The van der Waals surface area contributed by atoms with Gasteiger partial charge in [-0.25, -0.2) is 9.97 Å². The Balaban J connectivity index is 1.66. The van der Waals surface area contributed by atoms with E-state index < -0.39 is 0 Å². The van der Waals surface area contributed by atoms with Crippen molar-refractivity contribution in [2.75, 3.05) is 32.7 Å². The number of nitrogens with zero attached hydrogens (tertiary/aromatic N) is 4. The maximum atomic E-state index is 12.7. The molecule has 0 radical (unpaired) electrons. The second kappa shape index (κ2) is 6.49. The van der Waals surface area contributed by atoms with Gasteiger partial charge >= 0.3 is 0 Å². The SMILES string of the molecule is Cc1nccc(CN2CCCC2C(=O)N2CCNCC2)n1. The predicted octanol–water partition coefficient (Wildman–Crippen LogP) is 0.181. The molecule has 0 bridgehead atoms. The highest BCUT2D eigenvalue weighted by atomic mass is 16.2. The van der Waals surface area contributed by atoms with E-state index in [9.17, 15) is 4.79 Å². The lowest BCUT2D eigenvalue weighted by atomic mass is 10.1. The van der Waals surface area contributed by atoms with Crippen molar-refractivity contribution in [1.29, 1.82) is 0 Å². The van der Waals surface area contributed by atoms with E-state index in [0.29, 0.717) is 5.91 Å². The van der Waals surface area contributed by atoms with Crippen molar-refractivity contribution >= 4 is 5.91 Å². The predicted molar refractivity (Wildman–Crippen MR) is 79.7 cm³/mol. The number of amides is 1. The number of likely N-dealkylation sites (tertiary alicyclic amines) is 1. The molecule has 0 aliphatic carbocycles. The number of nitrogens with one attached hydrogen (secondary N) is 1. The molecule has 2 saturated heterocycles. The molecule has 0 aromatic carbocycles. The highest BCUT2D eigenvalue weighted by Gasteiger charge is 2.34. The van der Waals surface area contributed by atoms with Crippen LogP contribution in [0.1, 0.15) is 24.4 Å². The molecule has 2 fully saturated rings. The second-order valence-corrected chi connectivity index (χ2v) is 5.80. The maximum absolute atomic E-state index is 12.7. The van der Waals surface area contributed by atoms with Crippen LogP contribution in [0.4, 0.5) is 0 Å². The summed E-state index contributed by atoms with van der Waals surface area (Å²) in [6.07, 6.45) is 3.85. The molecule has 3 rings (SSSR count). The fourth-order valence-corrected chi connectivity index (χ4v) is 3.19. The number of carbonyl (C=O) groups is 1. The summed E-state index contributed by atoms with van der Waals surface area (Å²) in [5, 5.41) is 3.29. The van der Waals surface area contributed by atoms with E-state index in [1.807, 2.05) is 17.9 Å². The summed E-state index contributed by atoms with van der Waals surface area (Å²) in [7, 11) is 0. The number of aryl methyl sites for hydroxylation is 1. The van der Waals surface area contributed by atoms with Gasteiger partial charge in [0.25, 0.3) is 0 Å². The summed E-state index contributed by atoms with van der Waals surface area (Å²) in [6.45, 7) is 7.09. The minimum absolute atomic E-state index is 0.0263. The van der Waals surface area contributed by atoms with E-state index >= 15 is 0 Å². The number of hydrogen-bond acceptors (Lipinski definition) is 5. The van der Waals surface area contributed by atoms with Crippen LogP contribution in [-0.2, 0) is 11.3 Å². The maximum Gasteiger partial charge on any atom is 0.240 e. The van der Waals surface area contributed by atoms with Gasteiger partial charge in [0.1, 0.15) is 5.82 Å². The van der Waals surface area contributed by atoms with Gasteiger partial charge in [0.2, 0.25) is 5.91 Å². The monoisotopic (exact) mass is 289 g/mol. The number of carbonyl (C=O) groups excluding carboxylic acids is 1. The highest BCUT2D eigenvalue weighted by molar-refractivity contribution is 5.82. The van der Waals surface area contributed by atoms with Crippen LogP contribution in [-0.4, -0.2) is 64.4 Å². The fourth-order valence-electron chi connectivity index (χ4n) is 3.19. The molecule has 1 N–H and O–H groups in total. The number of piperazine rings is 1. The molecular formula is C15H23N5O. The van der Waals surface area contributed by atoms with Crippen LogP contribution in [0, 0.1) is 6.92 Å². The number of hydrogen-bond donors (Lipinski definition) is 1. The summed E-state index contributed by atoms with van der Waals surface area (Å²) in [6, 6.07) is 1.97. The first kappa shape index (κ1) is 14.4. The normalized spacial score (nSPS) is 23.5. The molecular weight excluding hydrogens is 266 g/mol. The van der Waals surface area contributed by atoms with Crippen molar-refractivity contribution < 1.29 is 4.79 Å². The summed E-state index contributed by atoms with van der Waals surface area (Å²) in [5.74, 6) is 1.08. The van der Waals surface area contributed by atoms with Gasteiger partial charge in [0.05, 0.1) is 11.7 Å². The Morgan fingerprint density at radius 3 is 2.95 bits per heavy atom. The molecule has 1 aromatic rings. The van der Waals surface area contributed by atoms with Gasteiger partial charge in [-0.2, -0.15) is 0 Å². The van der Waals surface area contributed by atoms with Crippen LogP contribution in [0.3, 0.4) is 0 Å². The van der Waals surface area contributed by atoms with Crippen LogP contribution in [0.15, 0.2) is 12.3 Å². The third kappa shape index (κ3) is 3.39. The zero-order chi connectivity index (χ0) is 14.7. The molecule has 114 valence electrons.